The van der Waals surface area contributed by atoms with Crippen LogP contribution in [-0.4, -0.2) is 35.5 Å². The molecule has 3 rings (SSSR count). The van der Waals surface area contributed by atoms with E-state index in [1.54, 1.807) is 24.4 Å². The number of ether oxygens (including phenoxy) is 1. The Morgan fingerprint density at radius 3 is 2.77 bits per heavy atom. The number of carbonyl (C=O) groups is 1. The summed E-state index contributed by atoms with van der Waals surface area (Å²) in [5.74, 6) is 0.0819. The lowest BCUT2D eigenvalue weighted by molar-refractivity contribution is 0.0436. The molecule has 2 heterocycles. The summed E-state index contributed by atoms with van der Waals surface area (Å²) in [5, 5.41) is 0. The molecule has 1 aromatic carbocycles. The van der Waals surface area contributed by atoms with Crippen LogP contribution >= 0.6 is 0 Å². The van der Waals surface area contributed by atoms with Gasteiger partial charge in [0.1, 0.15) is 5.69 Å². The maximum absolute atomic E-state index is 11.9. The average molecular weight is 296 g/mol. The smallest absolute Gasteiger partial charge is 0.356 e. The number of pyridine rings is 1. The highest BCUT2D eigenvalue weighted by Crippen LogP contribution is 2.19. The highest BCUT2D eigenvalue weighted by atomic mass is 16.5. The Labute approximate surface area is 130 Å². The Morgan fingerprint density at radius 1 is 1.18 bits per heavy atom. The third-order valence-electron chi connectivity index (χ3n) is 3.94. The summed E-state index contributed by atoms with van der Waals surface area (Å²) < 4.78 is 5.38. The molecule has 4 nitrogen and oxygen atoms in total. The van der Waals surface area contributed by atoms with Crippen LogP contribution in [0.2, 0.25) is 0 Å². The summed E-state index contributed by atoms with van der Waals surface area (Å²) in [6, 6.07) is 15.7. The van der Waals surface area contributed by atoms with Crippen molar-refractivity contribution >= 4 is 5.97 Å². The van der Waals surface area contributed by atoms with E-state index in [1.165, 1.54) is 5.56 Å². The molecule has 0 N–H and O–H groups in total. The monoisotopic (exact) mass is 296 g/mol. The standard InChI is InChI=1S/C18H20N2O2/c21-18(17-8-4-5-10-19-17)22-14-16-9-11-20(13-16)12-15-6-2-1-3-7-15/h1-8,10,16H,9,11-14H2/t16-/m1/s1. The molecule has 1 atom stereocenters. The van der Waals surface area contributed by atoms with Crippen molar-refractivity contribution in [2.24, 2.45) is 5.92 Å². The molecule has 0 spiro atoms. The van der Waals surface area contributed by atoms with Crippen molar-refractivity contribution in [2.45, 2.75) is 13.0 Å². The largest absolute Gasteiger partial charge is 0.461 e. The molecule has 1 aromatic heterocycles. The van der Waals surface area contributed by atoms with Gasteiger partial charge in [0, 0.05) is 25.2 Å². The fraction of sp³-hybridized carbons (Fsp3) is 0.333. The summed E-state index contributed by atoms with van der Waals surface area (Å²) in [6.45, 7) is 3.47. The Hall–Kier alpha value is -2.20. The van der Waals surface area contributed by atoms with Gasteiger partial charge in [0.2, 0.25) is 0 Å². The summed E-state index contributed by atoms with van der Waals surface area (Å²) in [6.07, 6.45) is 2.68. The van der Waals surface area contributed by atoms with Crippen LogP contribution < -0.4 is 0 Å². The normalized spacial score (nSPS) is 18.3. The van der Waals surface area contributed by atoms with Crippen molar-refractivity contribution in [3.05, 3.63) is 66.0 Å². The molecule has 2 aromatic rings. The maximum atomic E-state index is 11.9. The minimum Gasteiger partial charge on any atom is -0.461 e. The molecule has 22 heavy (non-hydrogen) atoms. The van der Waals surface area contributed by atoms with Crippen molar-refractivity contribution in [3.63, 3.8) is 0 Å². The van der Waals surface area contributed by atoms with Crippen LogP contribution in [0.5, 0.6) is 0 Å². The summed E-state index contributed by atoms with van der Waals surface area (Å²) in [7, 11) is 0. The molecule has 4 heteroatoms. The predicted molar refractivity (Wildman–Crippen MR) is 84.3 cm³/mol. The second kappa shape index (κ2) is 7.18. The second-order valence-corrected chi connectivity index (χ2v) is 5.69. The van der Waals surface area contributed by atoms with E-state index < -0.39 is 0 Å². The van der Waals surface area contributed by atoms with Gasteiger partial charge in [-0.25, -0.2) is 9.78 Å². The first kappa shape index (κ1) is 14.7. The number of carbonyl (C=O) groups excluding carboxylic acids is 1. The lowest BCUT2D eigenvalue weighted by Crippen LogP contribution is -2.22. The molecule has 1 aliphatic rings. The van der Waals surface area contributed by atoms with Crippen molar-refractivity contribution in [1.82, 2.24) is 9.88 Å². The van der Waals surface area contributed by atoms with Gasteiger partial charge in [0.15, 0.2) is 0 Å². The lowest BCUT2D eigenvalue weighted by Gasteiger charge is -2.16. The van der Waals surface area contributed by atoms with E-state index >= 15 is 0 Å². The van der Waals surface area contributed by atoms with Gasteiger partial charge in [-0.05, 0) is 30.7 Å². The molecular weight excluding hydrogens is 276 g/mol. The van der Waals surface area contributed by atoms with Gasteiger partial charge in [-0.15, -0.1) is 0 Å². The van der Waals surface area contributed by atoms with Gasteiger partial charge in [0.05, 0.1) is 6.61 Å². The number of nitrogens with zero attached hydrogens (tertiary/aromatic N) is 2. The van der Waals surface area contributed by atoms with Gasteiger partial charge in [-0.1, -0.05) is 36.4 Å². The summed E-state index contributed by atoms with van der Waals surface area (Å²) >= 11 is 0. The van der Waals surface area contributed by atoms with Crippen LogP contribution in [0, 0.1) is 5.92 Å². The molecule has 0 bridgehead atoms. The first-order chi connectivity index (χ1) is 10.8. The van der Waals surface area contributed by atoms with E-state index in [0.29, 0.717) is 18.2 Å². The van der Waals surface area contributed by atoms with Gasteiger partial charge in [-0.2, -0.15) is 0 Å². The van der Waals surface area contributed by atoms with Crippen molar-refractivity contribution < 1.29 is 9.53 Å². The Morgan fingerprint density at radius 2 is 2.00 bits per heavy atom. The minimum absolute atomic E-state index is 0.331. The Bertz CT molecular complexity index is 601. The maximum Gasteiger partial charge on any atom is 0.356 e. The van der Waals surface area contributed by atoms with Crippen molar-refractivity contribution in [3.8, 4) is 0 Å². The number of aromatic nitrogens is 1. The zero-order chi connectivity index (χ0) is 15.2. The molecule has 114 valence electrons. The van der Waals surface area contributed by atoms with Gasteiger partial charge in [0.25, 0.3) is 0 Å². The molecule has 0 amide bonds. The van der Waals surface area contributed by atoms with Crippen LogP contribution in [0.25, 0.3) is 0 Å². The third-order valence-corrected chi connectivity index (χ3v) is 3.94. The van der Waals surface area contributed by atoms with E-state index in [-0.39, 0.29) is 5.97 Å². The number of esters is 1. The average Bonchev–Trinajstić information content (AvgIpc) is 3.02. The van der Waals surface area contributed by atoms with Crippen LogP contribution in [0.15, 0.2) is 54.7 Å². The predicted octanol–water partition coefficient (Wildman–Crippen LogP) is 2.76. The fourth-order valence-corrected chi connectivity index (χ4v) is 2.79. The Kier molecular flexibility index (Phi) is 4.81. The van der Waals surface area contributed by atoms with Crippen LogP contribution in [-0.2, 0) is 11.3 Å². The summed E-state index contributed by atoms with van der Waals surface area (Å²) in [5.41, 5.74) is 1.70. The zero-order valence-electron chi connectivity index (χ0n) is 12.5. The van der Waals surface area contributed by atoms with E-state index in [2.05, 4.69) is 34.1 Å². The van der Waals surface area contributed by atoms with Crippen LogP contribution in [0.4, 0.5) is 0 Å². The molecule has 0 aliphatic carbocycles. The van der Waals surface area contributed by atoms with Crippen LogP contribution in [0.3, 0.4) is 0 Å². The van der Waals surface area contributed by atoms with E-state index in [4.69, 9.17) is 4.74 Å². The molecule has 0 unspecified atom stereocenters. The van der Waals surface area contributed by atoms with E-state index in [9.17, 15) is 4.79 Å². The Balaban J connectivity index is 1.44. The molecule has 1 aliphatic heterocycles. The highest BCUT2D eigenvalue weighted by molar-refractivity contribution is 5.87. The first-order valence-electron chi connectivity index (χ1n) is 7.66. The number of likely N-dealkylation sites (tertiary alicyclic amines) is 1. The number of hydrogen-bond acceptors (Lipinski definition) is 4. The lowest BCUT2D eigenvalue weighted by atomic mass is 10.1. The van der Waals surface area contributed by atoms with Crippen molar-refractivity contribution in [1.29, 1.82) is 0 Å². The quantitative estimate of drug-likeness (QED) is 0.796. The van der Waals surface area contributed by atoms with Crippen LogP contribution in [0.1, 0.15) is 22.5 Å². The minimum atomic E-state index is -0.331. The topological polar surface area (TPSA) is 42.4 Å². The zero-order valence-corrected chi connectivity index (χ0v) is 12.5. The van der Waals surface area contributed by atoms with E-state index in [1.807, 2.05) is 6.07 Å². The van der Waals surface area contributed by atoms with Gasteiger partial charge in [-0.3, -0.25) is 4.90 Å². The van der Waals surface area contributed by atoms with E-state index in [0.717, 1.165) is 26.1 Å². The molecule has 1 saturated heterocycles. The second-order valence-electron chi connectivity index (χ2n) is 5.69. The van der Waals surface area contributed by atoms with Gasteiger partial charge >= 0.3 is 5.97 Å². The number of rotatable bonds is 5. The number of hydrogen-bond donors (Lipinski definition) is 0. The summed E-state index contributed by atoms with van der Waals surface area (Å²) in [4.78, 5) is 18.3. The van der Waals surface area contributed by atoms with Crippen molar-refractivity contribution in [2.75, 3.05) is 19.7 Å². The first-order valence-corrected chi connectivity index (χ1v) is 7.66. The molecule has 0 radical (unpaired) electrons. The fourth-order valence-electron chi connectivity index (χ4n) is 2.79. The molecule has 1 fully saturated rings. The SMILES string of the molecule is O=C(OC[C@@H]1CCN(Cc2ccccc2)C1)c1ccccn1. The number of benzene rings is 1. The molecule has 0 saturated carbocycles. The van der Waals surface area contributed by atoms with Gasteiger partial charge < -0.3 is 4.74 Å². The third kappa shape index (κ3) is 3.92. The molecular formula is C18H20N2O2. The highest BCUT2D eigenvalue weighted by Gasteiger charge is 2.24.